The molecule has 0 saturated heterocycles. The smallest absolute Gasteiger partial charge is 0.242 e. The Morgan fingerprint density at radius 2 is 1.88 bits per heavy atom. The third-order valence-corrected chi connectivity index (χ3v) is 4.15. The van der Waals surface area contributed by atoms with E-state index in [1.165, 1.54) is 12.1 Å². The van der Waals surface area contributed by atoms with Crippen LogP contribution in [0.4, 0.5) is 4.39 Å². The number of ether oxygens (including phenoxy) is 1. The van der Waals surface area contributed by atoms with Crippen LogP contribution in [0.3, 0.4) is 0 Å². The fraction of sp³-hybridized carbons (Fsp3) is 0.263. The van der Waals surface area contributed by atoms with E-state index < -0.39 is 0 Å². The molecule has 24 heavy (non-hydrogen) atoms. The average molecular weight is 326 g/mol. The van der Waals surface area contributed by atoms with E-state index in [9.17, 15) is 9.18 Å². The van der Waals surface area contributed by atoms with Crippen LogP contribution in [-0.4, -0.2) is 23.7 Å². The minimum Gasteiger partial charge on any atom is -0.497 e. The molecule has 4 nitrogen and oxygen atoms in total. The number of halogens is 1. The van der Waals surface area contributed by atoms with Crippen molar-refractivity contribution in [3.8, 4) is 5.75 Å². The molecular weight excluding hydrogens is 307 g/mol. The van der Waals surface area contributed by atoms with Crippen molar-refractivity contribution < 1.29 is 13.9 Å². The van der Waals surface area contributed by atoms with Crippen molar-refractivity contribution in [1.82, 2.24) is 5.01 Å². The molecule has 124 valence electrons. The van der Waals surface area contributed by atoms with Crippen LogP contribution in [0, 0.1) is 5.82 Å². The molecule has 0 fully saturated rings. The molecule has 5 heteroatoms. The lowest BCUT2D eigenvalue weighted by Gasteiger charge is -2.21. The summed E-state index contributed by atoms with van der Waals surface area (Å²) in [6.45, 7) is 1.82. The molecule has 1 aliphatic rings. The van der Waals surface area contributed by atoms with Crippen molar-refractivity contribution >= 4 is 11.6 Å². The van der Waals surface area contributed by atoms with Gasteiger partial charge in [-0.3, -0.25) is 4.79 Å². The SMILES string of the molecule is CCC(=O)N1N=C(c2ccc(F)cc2)C[C@H]1c1ccc(OC)cc1. The van der Waals surface area contributed by atoms with E-state index >= 15 is 0 Å². The molecule has 0 radical (unpaired) electrons. The maximum atomic E-state index is 13.1. The highest BCUT2D eigenvalue weighted by atomic mass is 19.1. The Kier molecular flexibility index (Phi) is 4.60. The Morgan fingerprint density at radius 3 is 2.46 bits per heavy atom. The van der Waals surface area contributed by atoms with Crippen LogP contribution in [0.15, 0.2) is 53.6 Å². The molecule has 0 unspecified atom stereocenters. The van der Waals surface area contributed by atoms with Crippen LogP contribution in [0.25, 0.3) is 0 Å². The summed E-state index contributed by atoms with van der Waals surface area (Å²) in [7, 11) is 1.62. The van der Waals surface area contributed by atoms with Gasteiger partial charge in [-0.25, -0.2) is 9.40 Å². The lowest BCUT2D eigenvalue weighted by atomic mass is 9.98. The second-order valence-corrected chi connectivity index (χ2v) is 5.64. The van der Waals surface area contributed by atoms with E-state index in [1.54, 1.807) is 24.3 Å². The number of carbonyl (C=O) groups excluding carboxylic acids is 1. The van der Waals surface area contributed by atoms with Crippen LogP contribution >= 0.6 is 0 Å². The zero-order valence-corrected chi connectivity index (χ0v) is 13.7. The zero-order valence-electron chi connectivity index (χ0n) is 13.7. The Hall–Kier alpha value is -2.69. The van der Waals surface area contributed by atoms with Gasteiger partial charge in [-0.05, 0) is 35.4 Å². The Labute approximate surface area is 140 Å². The van der Waals surface area contributed by atoms with E-state index in [0.29, 0.717) is 12.8 Å². The van der Waals surface area contributed by atoms with Gasteiger partial charge >= 0.3 is 0 Å². The van der Waals surface area contributed by atoms with Gasteiger partial charge in [-0.2, -0.15) is 5.10 Å². The Morgan fingerprint density at radius 1 is 1.21 bits per heavy atom. The molecule has 0 bridgehead atoms. The largest absolute Gasteiger partial charge is 0.497 e. The quantitative estimate of drug-likeness (QED) is 0.854. The van der Waals surface area contributed by atoms with Crippen LogP contribution in [-0.2, 0) is 4.79 Å². The number of hydrogen-bond donors (Lipinski definition) is 0. The molecule has 1 heterocycles. The molecule has 0 aliphatic carbocycles. The predicted molar refractivity (Wildman–Crippen MR) is 90.4 cm³/mol. The third-order valence-electron chi connectivity index (χ3n) is 4.15. The van der Waals surface area contributed by atoms with Gasteiger partial charge in [0.05, 0.1) is 18.9 Å². The van der Waals surface area contributed by atoms with Crippen molar-refractivity contribution in [1.29, 1.82) is 0 Å². The number of rotatable bonds is 4. The molecule has 0 aromatic heterocycles. The van der Waals surface area contributed by atoms with Gasteiger partial charge in [0, 0.05) is 12.8 Å². The van der Waals surface area contributed by atoms with E-state index in [1.807, 2.05) is 31.2 Å². The molecule has 3 rings (SSSR count). The van der Waals surface area contributed by atoms with Crippen LogP contribution in [0.1, 0.15) is 36.9 Å². The number of carbonyl (C=O) groups is 1. The van der Waals surface area contributed by atoms with E-state index in [4.69, 9.17) is 4.74 Å². The van der Waals surface area contributed by atoms with Crippen molar-refractivity contribution in [2.45, 2.75) is 25.8 Å². The summed E-state index contributed by atoms with van der Waals surface area (Å²) in [6.07, 6.45) is 0.983. The second kappa shape index (κ2) is 6.83. The van der Waals surface area contributed by atoms with Crippen molar-refractivity contribution in [2.24, 2.45) is 5.10 Å². The molecule has 1 aliphatic heterocycles. The highest BCUT2D eigenvalue weighted by Gasteiger charge is 2.32. The van der Waals surface area contributed by atoms with Crippen molar-refractivity contribution in [2.75, 3.05) is 7.11 Å². The molecule has 0 spiro atoms. The van der Waals surface area contributed by atoms with E-state index in [2.05, 4.69) is 5.10 Å². The van der Waals surface area contributed by atoms with E-state index in [0.717, 1.165) is 22.6 Å². The predicted octanol–water partition coefficient (Wildman–Crippen LogP) is 3.92. The summed E-state index contributed by atoms with van der Waals surface area (Å²) in [4.78, 5) is 12.3. The van der Waals surface area contributed by atoms with Gasteiger partial charge in [0.1, 0.15) is 11.6 Å². The molecule has 1 atom stereocenters. The van der Waals surface area contributed by atoms with Crippen LogP contribution < -0.4 is 4.74 Å². The fourth-order valence-electron chi connectivity index (χ4n) is 2.80. The lowest BCUT2D eigenvalue weighted by molar-refractivity contribution is -0.132. The summed E-state index contributed by atoms with van der Waals surface area (Å²) >= 11 is 0. The number of benzene rings is 2. The third kappa shape index (κ3) is 3.15. The first kappa shape index (κ1) is 16.2. The van der Waals surface area contributed by atoms with Gasteiger partial charge in [-0.15, -0.1) is 0 Å². The molecule has 0 N–H and O–H groups in total. The maximum absolute atomic E-state index is 13.1. The van der Waals surface area contributed by atoms with Gasteiger partial charge in [0.2, 0.25) is 5.91 Å². The molecular formula is C19H19FN2O2. The zero-order chi connectivity index (χ0) is 17.1. The van der Waals surface area contributed by atoms with Gasteiger partial charge in [-0.1, -0.05) is 31.2 Å². The second-order valence-electron chi connectivity index (χ2n) is 5.64. The Balaban J connectivity index is 1.91. The number of nitrogens with zero attached hydrogens (tertiary/aromatic N) is 2. The van der Waals surface area contributed by atoms with Gasteiger partial charge in [0.15, 0.2) is 0 Å². The molecule has 2 aromatic rings. The topological polar surface area (TPSA) is 41.9 Å². The Bertz CT molecular complexity index is 754. The summed E-state index contributed by atoms with van der Waals surface area (Å²) in [6, 6.07) is 13.7. The summed E-state index contributed by atoms with van der Waals surface area (Å²) in [5.74, 6) is 0.447. The standard InChI is InChI=1S/C19H19FN2O2/c1-3-19(23)22-18(14-6-10-16(24-2)11-7-14)12-17(21-22)13-4-8-15(20)9-5-13/h4-11,18H,3,12H2,1-2H3/t18-/m0/s1. The van der Waals surface area contributed by atoms with Crippen molar-refractivity contribution in [3.05, 3.63) is 65.5 Å². The first-order valence-corrected chi connectivity index (χ1v) is 7.91. The maximum Gasteiger partial charge on any atom is 0.242 e. The number of amides is 1. The number of methoxy groups -OCH3 is 1. The highest BCUT2D eigenvalue weighted by molar-refractivity contribution is 6.03. The van der Waals surface area contributed by atoms with Gasteiger partial charge < -0.3 is 4.74 Å². The minimum absolute atomic E-state index is 0.0343. The molecule has 1 amide bonds. The first-order valence-electron chi connectivity index (χ1n) is 7.91. The average Bonchev–Trinajstić information content (AvgIpc) is 3.07. The molecule has 2 aromatic carbocycles. The van der Waals surface area contributed by atoms with Crippen molar-refractivity contribution in [3.63, 3.8) is 0 Å². The number of hydrazone groups is 1. The first-order chi connectivity index (χ1) is 11.6. The summed E-state index contributed by atoms with van der Waals surface area (Å²) in [5.41, 5.74) is 2.62. The highest BCUT2D eigenvalue weighted by Crippen LogP contribution is 2.34. The summed E-state index contributed by atoms with van der Waals surface area (Å²) < 4.78 is 18.3. The lowest BCUT2D eigenvalue weighted by Crippen LogP contribution is -2.26. The summed E-state index contributed by atoms with van der Waals surface area (Å²) in [5, 5.41) is 6.05. The number of hydrogen-bond acceptors (Lipinski definition) is 3. The molecule has 0 saturated carbocycles. The monoisotopic (exact) mass is 326 g/mol. The van der Waals surface area contributed by atoms with E-state index in [-0.39, 0.29) is 17.8 Å². The van der Waals surface area contributed by atoms with Crippen LogP contribution in [0.5, 0.6) is 5.75 Å². The van der Waals surface area contributed by atoms with Crippen LogP contribution in [0.2, 0.25) is 0 Å². The fourth-order valence-corrected chi connectivity index (χ4v) is 2.80. The van der Waals surface area contributed by atoms with Gasteiger partial charge in [0.25, 0.3) is 0 Å². The normalized spacial score (nSPS) is 16.9. The minimum atomic E-state index is -0.287.